The van der Waals surface area contributed by atoms with E-state index >= 15 is 0 Å². The molecule has 1 aromatic carbocycles. The summed E-state index contributed by atoms with van der Waals surface area (Å²) in [5.41, 5.74) is 7.70. The number of likely N-dealkylation sites (tertiary alicyclic amines) is 1. The van der Waals surface area contributed by atoms with E-state index in [2.05, 4.69) is 0 Å². The van der Waals surface area contributed by atoms with Crippen LogP contribution in [0.2, 0.25) is 0 Å². The molecule has 19 heavy (non-hydrogen) atoms. The molecule has 0 aromatic heterocycles. The van der Waals surface area contributed by atoms with E-state index in [9.17, 15) is 4.79 Å². The summed E-state index contributed by atoms with van der Waals surface area (Å²) in [6.07, 6.45) is 3.12. The predicted octanol–water partition coefficient (Wildman–Crippen LogP) is 2.08. The first-order valence-corrected chi connectivity index (χ1v) is 6.78. The smallest absolute Gasteiger partial charge is 0.219 e. The molecule has 1 saturated heterocycles. The highest BCUT2D eigenvalue weighted by atomic mass is 16.5. The number of ether oxygens (including phenoxy) is 1. The van der Waals surface area contributed by atoms with Crippen LogP contribution in [0.15, 0.2) is 18.2 Å². The number of nitrogens with two attached hydrogens (primary N) is 1. The van der Waals surface area contributed by atoms with Gasteiger partial charge in [0.25, 0.3) is 0 Å². The molecule has 2 N–H and O–H groups in total. The molecule has 0 radical (unpaired) electrons. The van der Waals surface area contributed by atoms with Gasteiger partial charge < -0.3 is 15.4 Å². The maximum absolute atomic E-state index is 11.3. The Morgan fingerprint density at radius 1 is 1.42 bits per heavy atom. The third-order valence-corrected chi connectivity index (χ3v) is 3.88. The lowest BCUT2D eigenvalue weighted by molar-refractivity contribution is -0.130. The molecule has 4 heteroatoms. The molecular weight excluding hydrogens is 240 g/mol. The Bertz CT molecular complexity index is 451. The van der Waals surface area contributed by atoms with Crippen LogP contribution in [0.3, 0.4) is 0 Å². The molecule has 2 rings (SSSR count). The molecule has 4 nitrogen and oxygen atoms in total. The van der Waals surface area contributed by atoms with Crippen LogP contribution < -0.4 is 10.5 Å². The minimum atomic E-state index is 0.184. The van der Waals surface area contributed by atoms with Crippen molar-refractivity contribution in [1.82, 2.24) is 4.90 Å². The zero-order valence-electron chi connectivity index (χ0n) is 11.7. The second kappa shape index (κ2) is 5.95. The molecule has 1 fully saturated rings. The number of benzene rings is 1. The Balaban J connectivity index is 1.97. The number of hydrogen-bond acceptors (Lipinski definition) is 3. The van der Waals surface area contributed by atoms with Gasteiger partial charge in [0.1, 0.15) is 5.75 Å². The van der Waals surface area contributed by atoms with Crippen molar-refractivity contribution in [3.05, 3.63) is 23.8 Å². The van der Waals surface area contributed by atoms with E-state index in [1.807, 2.05) is 23.1 Å². The van der Waals surface area contributed by atoms with Crippen LogP contribution in [0.25, 0.3) is 0 Å². The Hall–Kier alpha value is -1.71. The molecule has 1 aliphatic rings. The number of piperidine rings is 1. The zero-order valence-corrected chi connectivity index (χ0v) is 11.7. The number of carbonyl (C=O) groups excluding carboxylic acids is 1. The predicted molar refractivity (Wildman–Crippen MR) is 76.1 cm³/mol. The second-order valence-electron chi connectivity index (χ2n) is 5.22. The number of methoxy groups -OCH3 is 1. The van der Waals surface area contributed by atoms with Gasteiger partial charge in [-0.1, -0.05) is 6.07 Å². The molecule has 104 valence electrons. The van der Waals surface area contributed by atoms with Crippen molar-refractivity contribution >= 4 is 11.6 Å². The normalized spacial score (nSPS) is 16.4. The summed E-state index contributed by atoms with van der Waals surface area (Å²) in [5.74, 6) is 1.67. The highest BCUT2D eigenvalue weighted by molar-refractivity contribution is 5.73. The quantitative estimate of drug-likeness (QED) is 0.848. The minimum absolute atomic E-state index is 0.184. The van der Waals surface area contributed by atoms with Gasteiger partial charge >= 0.3 is 0 Å². The first-order chi connectivity index (χ1) is 9.10. The molecule has 1 aromatic rings. The van der Waals surface area contributed by atoms with Crippen molar-refractivity contribution in [2.75, 3.05) is 25.9 Å². The fraction of sp³-hybridized carbons (Fsp3) is 0.533. The maximum atomic E-state index is 11.3. The maximum Gasteiger partial charge on any atom is 0.219 e. The van der Waals surface area contributed by atoms with Gasteiger partial charge in [0, 0.05) is 31.8 Å². The summed E-state index contributed by atoms with van der Waals surface area (Å²) < 4.78 is 5.38. The topological polar surface area (TPSA) is 55.6 Å². The summed E-state index contributed by atoms with van der Waals surface area (Å²) in [6.45, 7) is 3.39. The van der Waals surface area contributed by atoms with Gasteiger partial charge in [-0.05, 0) is 36.8 Å². The molecule has 1 amide bonds. The van der Waals surface area contributed by atoms with Crippen molar-refractivity contribution < 1.29 is 9.53 Å². The van der Waals surface area contributed by atoms with Crippen molar-refractivity contribution in [3.63, 3.8) is 0 Å². The van der Waals surface area contributed by atoms with E-state index in [4.69, 9.17) is 10.5 Å². The molecule has 0 saturated carbocycles. The lowest BCUT2D eigenvalue weighted by Gasteiger charge is -2.31. The average molecular weight is 262 g/mol. The van der Waals surface area contributed by atoms with Crippen LogP contribution in [-0.4, -0.2) is 31.0 Å². The number of amides is 1. The van der Waals surface area contributed by atoms with Crippen molar-refractivity contribution in [1.29, 1.82) is 0 Å². The highest BCUT2D eigenvalue weighted by Crippen LogP contribution is 2.28. The van der Waals surface area contributed by atoms with E-state index in [1.54, 1.807) is 14.0 Å². The summed E-state index contributed by atoms with van der Waals surface area (Å²) in [4.78, 5) is 13.2. The van der Waals surface area contributed by atoms with Crippen molar-refractivity contribution in [3.8, 4) is 5.75 Å². The third-order valence-electron chi connectivity index (χ3n) is 3.88. The Labute approximate surface area is 114 Å². The monoisotopic (exact) mass is 262 g/mol. The molecule has 1 aliphatic heterocycles. The molecule has 0 unspecified atom stereocenters. The van der Waals surface area contributed by atoms with Crippen molar-refractivity contribution in [2.24, 2.45) is 5.92 Å². The number of anilines is 1. The Kier molecular flexibility index (Phi) is 4.30. The fourth-order valence-electron chi connectivity index (χ4n) is 2.69. The lowest BCUT2D eigenvalue weighted by atomic mass is 9.89. The first-order valence-electron chi connectivity index (χ1n) is 6.78. The second-order valence-corrected chi connectivity index (χ2v) is 5.22. The van der Waals surface area contributed by atoms with Crippen LogP contribution >= 0.6 is 0 Å². The highest BCUT2D eigenvalue weighted by Gasteiger charge is 2.21. The summed E-state index contributed by atoms with van der Waals surface area (Å²) in [6, 6.07) is 5.84. The van der Waals surface area contributed by atoms with Gasteiger partial charge in [0.05, 0.1) is 7.11 Å². The van der Waals surface area contributed by atoms with Crippen LogP contribution in [0, 0.1) is 5.92 Å². The number of hydrogen-bond donors (Lipinski definition) is 1. The van der Waals surface area contributed by atoms with Gasteiger partial charge in [-0.2, -0.15) is 0 Å². The van der Waals surface area contributed by atoms with Gasteiger partial charge in [-0.25, -0.2) is 0 Å². The number of rotatable bonds is 3. The summed E-state index contributed by atoms with van der Waals surface area (Å²) in [7, 11) is 1.68. The fourth-order valence-corrected chi connectivity index (χ4v) is 2.69. The van der Waals surface area contributed by atoms with Crippen LogP contribution in [0.1, 0.15) is 25.3 Å². The van der Waals surface area contributed by atoms with Gasteiger partial charge in [0.2, 0.25) is 5.91 Å². The SMILES string of the molecule is COc1cc(N)ccc1CC1CCN(C(C)=O)CC1. The van der Waals surface area contributed by atoms with Crippen LogP contribution in [0.4, 0.5) is 5.69 Å². The molecule has 0 aliphatic carbocycles. The largest absolute Gasteiger partial charge is 0.496 e. The molecule has 0 atom stereocenters. The Morgan fingerprint density at radius 2 is 2.11 bits per heavy atom. The van der Waals surface area contributed by atoms with E-state index in [0.717, 1.165) is 43.8 Å². The molecule has 1 heterocycles. The van der Waals surface area contributed by atoms with Crippen LogP contribution in [0.5, 0.6) is 5.75 Å². The van der Waals surface area contributed by atoms with Crippen LogP contribution in [-0.2, 0) is 11.2 Å². The average Bonchev–Trinajstić information content (AvgIpc) is 2.41. The first kappa shape index (κ1) is 13.7. The van der Waals surface area contributed by atoms with Gasteiger partial charge in [-0.15, -0.1) is 0 Å². The van der Waals surface area contributed by atoms with E-state index in [0.29, 0.717) is 5.92 Å². The summed E-state index contributed by atoms with van der Waals surface area (Å²) >= 11 is 0. The van der Waals surface area contributed by atoms with Gasteiger partial charge in [-0.3, -0.25) is 4.79 Å². The Morgan fingerprint density at radius 3 is 2.68 bits per heavy atom. The van der Waals surface area contributed by atoms with E-state index in [1.165, 1.54) is 5.56 Å². The van der Waals surface area contributed by atoms with Crippen molar-refractivity contribution in [2.45, 2.75) is 26.2 Å². The summed E-state index contributed by atoms with van der Waals surface area (Å²) in [5, 5.41) is 0. The lowest BCUT2D eigenvalue weighted by Crippen LogP contribution is -2.37. The third kappa shape index (κ3) is 3.40. The van der Waals surface area contributed by atoms with Gasteiger partial charge in [0.15, 0.2) is 0 Å². The van der Waals surface area contributed by atoms with E-state index < -0.39 is 0 Å². The minimum Gasteiger partial charge on any atom is -0.496 e. The van der Waals surface area contributed by atoms with E-state index in [-0.39, 0.29) is 5.91 Å². The number of nitrogen functional groups attached to an aromatic ring is 1. The molecular formula is C15H22N2O2. The molecule has 0 bridgehead atoms. The standard InChI is InChI=1S/C15H22N2O2/c1-11(18)17-7-5-12(6-8-17)9-13-3-4-14(16)10-15(13)19-2/h3-4,10,12H,5-9,16H2,1-2H3. The number of carbonyl (C=O) groups is 1. The molecule has 0 spiro atoms. The number of nitrogens with zero attached hydrogens (tertiary/aromatic N) is 1. The zero-order chi connectivity index (χ0) is 13.8.